The van der Waals surface area contributed by atoms with E-state index in [4.69, 9.17) is 11.6 Å². The number of rotatable bonds is 1. The van der Waals surface area contributed by atoms with Crippen LogP contribution in [0.5, 0.6) is 0 Å². The first-order chi connectivity index (χ1) is 5.86. The van der Waals surface area contributed by atoms with Gasteiger partial charge < -0.3 is 0 Å². The highest BCUT2D eigenvalue weighted by Gasteiger charge is 1.98. The molecule has 0 aliphatic carbocycles. The quantitative estimate of drug-likeness (QED) is 0.711. The topological polar surface area (TPSA) is 51.0 Å². The summed E-state index contributed by atoms with van der Waals surface area (Å²) in [6, 6.07) is 0. The van der Waals surface area contributed by atoms with Gasteiger partial charge in [0.15, 0.2) is 9.82 Å². The van der Waals surface area contributed by atoms with Crippen LogP contribution in [0.2, 0.25) is 5.15 Å². The Kier molecular flexibility index (Phi) is 2.45. The van der Waals surface area contributed by atoms with Crippen molar-refractivity contribution in [2.45, 2.75) is 0 Å². The second kappa shape index (κ2) is 3.56. The molecule has 0 fully saturated rings. The highest BCUT2D eigenvalue weighted by molar-refractivity contribution is 7.66. The molecule has 62 valence electrons. The summed E-state index contributed by atoms with van der Waals surface area (Å²) >= 11 is 7.09. The first kappa shape index (κ1) is 8.24. The first-order valence-corrected chi connectivity index (χ1v) is 6.15. The molecule has 0 amide bonds. The monoisotopic (exact) mass is 236 g/mol. The molecular formula is C4HClN4S3. The molecule has 0 spiro atoms. The highest BCUT2D eigenvalue weighted by Crippen LogP contribution is 2.13. The molecule has 2 aromatic heterocycles. The molecule has 0 aliphatic heterocycles. The summed E-state index contributed by atoms with van der Waals surface area (Å²) < 4.78 is 4.58. The number of halogens is 1. The molecule has 12 heavy (non-hydrogen) atoms. The lowest BCUT2D eigenvalue weighted by molar-refractivity contribution is 1.07. The summed E-state index contributed by atoms with van der Waals surface area (Å²) in [6.07, 6.45) is 0. The van der Waals surface area contributed by atoms with Crippen LogP contribution in [-0.2, 0) is 0 Å². The molecular weight excluding hydrogens is 236 g/mol. The van der Waals surface area contributed by atoms with Crippen molar-refractivity contribution >= 4 is 48.9 Å². The maximum Gasteiger partial charge on any atom is 0.232 e. The Bertz CT molecular complexity index is 415. The summed E-state index contributed by atoms with van der Waals surface area (Å²) in [5, 5.41) is 8.45. The van der Waals surface area contributed by atoms with Crippen LogP contribution in [0.4, 0.5) is 5.13 Å². The zero-order valence-corrected chi connectivity index (χ0v) is 8.67. The average Bonchev–Trinajstić information content (AvgIpc) is 2.65. The smallest absolute Gasteiger partial charge is 0.203 e. The lowest BCUT2D eigenvalue weighted by Crippen LogP contribution is -1.91. The van der Waals surface area contributed by atoms with Gasteiger partial charge in [0, 0.05) is 10.5 Å². The summed E-state index contributed by atoms with van der Waals surface area (Å²) in [4.78, 5) is 4.14. The van der Waals surface area contributed by atoms with Crippen LogP contribution < -0.4 is 4.67 Å². The minimum atomic E-state index is 0.431. The summed E-state index contributed by atoms with van der Waals surface area (Å²) in [5.74, 6) is 0. The third-order valence-electron chi connectivity index (χ3n) is 0.956. The molecule has 8 heteroatoms. The van der Waals surface area contributed by atoms with E-state index in [1.54, 1.807) is 5.51 Å². The molecule has 0 radical (unpaired) electrons. The normalized spacial score (nSPS) is 12.2. The SMILES string of the molecule is Clc1nss/c1=N/c1nncs1. The third kappa shape index (κ3) is 1.69. The van der Waals surface area contributed by atoms with Crippen molar-refractivity contribution in [2.24, 2.45) is 4.99 Å². The van der Waals surface area contributed by atoms with Crippen LogP contribution in [-0.4, -0.2) is 14.6 Å². The molecule has 0 N–H and O–H groups in total. The van der Waals surface area contributed by atoms with Crippen molar-refractivity contribution in [3.05, 3.63) is 15.3 Å². The summed E-state index contributed by atoms with van der Waals surface area (Å²) in [6.45, 7) is 0. The molecule has 0 saturated carbocycles. The van der Waals surface area contributed by atoms with E-state index in [-0.39, 0.29) is 0 Å². The minimum absolute atomic E-state index is 0.431. The van der Waals surface area contributed by atoms with Gasteiger partial charge in [-0.1, -0.05) is 22.9 Å². The number of aromatic nitrogens is 3. The maximum absolute atomic E-state index is 5.73. The lowest BCUT2D eigenvalue weighted by Gasteiger charge is -1.76. The van der Waals surface area contributed by atoms with E-state index in [2.05, 4.69) is 19.6 Å². The second-order valence-corrected chi connectivity index (χ2v) is 4.68. The predicted octanol–water partition coefficient (Wildman–Crippen LogP) is 1.94. The van der Waals surface area contributed by atoms with E-state index in [1.807, 2.05) is 0 Å². The minimum Gasteiger partial charge on any atom is -0.203 e. The van der Waals surface area contributed by atoms with E-state index >= 15 is 0 Å². The fourth-order valence-corrected chi connectivity index (χ4v) is 2.99. The van der Waals surface area contributed by atoms with Crippen molar-refractivity contribution in [3.63, 3.8) is 0 Å². The number of nitrogens with zero attached hydrogens (tertiary/aromatic N) is 4. The Labute approximate surface area is 83.8 Å². The van der Waals surface area contributed by atoms with Gasteiger partial charge in [-0.25, -0.2) is 4.99 Å². The Morgan fingerprint density at radius 2 is 2.42 bits per heavy atom. The largest absolute Gasteiger partial charge is 0.232 e. The Morgan fingerprint density at radius 3 is 3.00 bits per heavy atom. The van der Waals surface area contributed by atoms with Crippen LogP contribution in [0.25, 0.3) is 0 Å². The zero-order valence-electron chi connectivity index (χ0n) is 5.47. The standard InChI is InChI=1S/C4HClN4S3/c5-2-3(11-12-9-2)7-4-8-6-1-10-4/h1H/b7-3+. The zero-order chi connectivity index (χ0) is 8.39. The molecule has 0 saturated heterocycles. The Hall–Kier alpha value is -0.370. The van der Waals surface area contributed by atoms with Gasteiger partial charge in [-0.3, -0.25) is 0 Å². The molecule has 0 unspecified atom stereocenters. The first-order valence-electron chi connectivity index (χ1n) is 2.78. The van der Waals surface area contributed by atoms with Crippen molar-refractivity contribution in [1.29, 1.82) is 0 Å². The fraction of sp³-hybridized carbons (Fsp3) is 0. The molecule has 2 rings (SSSR count). The van der Waals surface area contributed by atoms with E-state index in [1.165, 1.54) is 32.2 Å². The molecule has 0 aliphatic rings. The van der Waals surface area contributed by atoms with Crippen LogP contribution >= 0.6 is 43.8 Å². The summed E-state index contributed by atoms with van der Waals surface area (Å²) in [5.41, 5.74) is 1.62. The van der Waals surface area contributed by atoms with Crippen LogP contribution in [0.15, 0.2) is 10.5 Å². The van der Waals surface area contributed by atoms with Gasteiger partial charge >= 0.3 is 0 Å². The van der Waals surface area contributed by atoms with Gasteiger partial charge in [-0.2, -0.15) is 4.37 Å². The summed E-state index contributed by atoms with van der Waals surface area (Å²) in [7, 11) is 2.73. The average molecular weight is 237 g/mol. The third-order valence-corrected chi connectivity index (χ3v) is 3.71. The van der Waals surface area contributed by atoms with E-state index in [0.29, 0.717) is 15.0 Å². The lowest BCUT2D eigenvalue weighted by atomic mass is 10.9. The van der Waals surface area contributed by atoms with Crippen molar-refractivity contribution in [2.75, 3.05) is 0 Å². The van der Waals surface area contributed by atoms with Crippen molar-refractivity contribution in [1.82, 2.24) is 14.6 Å². The molecule has 2 aromatic rings. The second-order valence-electron chi connectivity index (χ2n) is 1.68. The van der Waals surface area contributed by atoms with Crippen LogP contribution in [0, 0.1) is 0 Å². The van der Waals surface area contributed by atoms with E-state index in [0.717, 1.165) is 0 Å². The van der Waals surface area contributed by atoms with Crippen molar-refractivity contribution < 1.29 is 0 Å². The highest BCUT2D eigenvalue weighted by atomic mass is 35.5. The Balaban J connectivity index is 2.49. The van der Waals surface area contributed by atoms with Gasteiger partial charge in [0.05, 0.1) is 0 Å². The maximum atomic E-state index is 5.73. The molecule has 2 heterocycles. The van der Waals surface area contributed by atoms with Gasteiger partial charge in [0.1, 0.15) is 5.51 Å². The van der Waals surface area contributed by atoms with E-state index in [9.17, 15) is 0 Å². The predicted molar refractivity (Wildman–Crippen MR) is 50.1 cm³/mol. The van der Waals surface area contributed by atoms with Gasteiger partial charge in [0.25, 0.3) is 0 Å². The molecule has 4 nitrogen and oxygen atoms in total. The van der Waals surface area contributed by atoms with Gasteiger partial charge in [-0.15, -0.1) is 10.2 Å². The van der Waals surface area contributed by atoms with Crippen LogP contribution in [0.3, 0.4) is 0 Å². The van der Waals surface area contributed by atoms with Gasteiger partial charge in [-0.05, 0) is 10.3 Å². The molecule has 0 atom stereocenters. The van der Waals surface area contributed by atoms with E-state index < -0.39 is 0 Å². The fourth-order valence-electron chi connectivity index (χ4n) is 0.528. The van der Waals surface area contributed by atoms with Crippen molar-refractivity contribution in [3.8, 4) is 0 Å². The molecule has 0 bridgehead atoms. The molecule has 0 aromatic carbocycles. The Morgan fingerprint density at radius 1 is 1.50 bits per heavy atom. The number of hydrogen-bond acceptors (Lipinski definition) is 7. The van der Waals surface area contributed by atoms with Gasteiger partial charge in [0.2, 0.25) is 5.13 Å². The number of hydrogen-bond donors (Lipinski definition) is 0. The van der Waals surface area contributed by atoms with Crippen LogP contribution in [0.1, 0.15) is 0 Å².